The third-order valence-corrected chi connectivity index (χ3v) is 3.76. The van der Waals surface area contributed by atoms with E-state index < -0.39 is 0 Å². The first kappa shape index (κ1) is 17.7. The van der Waals surface area contributed by atoms with Crippen LogP contribution < -0.4 is 5.32 Å². The fourth-order valence-corrected chi connectivity index (χ4v) is 2.49. The second-order valence-electron chi connectivity index (χ2n) is 5.30. The van der Waals surface area contributed by atoms with E-state index in [1.807, 2.05) is 0 Å². The van der Waals surface area contributed by atoms with Gasteiger partial charge in [0.05, 0.1) is 0 Å². The minimum atomic E-state index is 0. The quantitative estimate of drug-likeness (QED) is 0.731. The van der Waals surface area contributed by atoms with Crippen molar-refractivity contribution in [1.82, 2.24) is 5.32 Å². The Morgan fingerprint density at radius 2 is 1.48 bits per heavy atom. The fourth-order valence-electron chi connectivity index (χ4n) is 2.49. The maximum atomic E-state index is 3.69. The molecule has 2 aromatic carbocycles. The first-order chi connectivity index (χ1) is 9.83. The lowest BCUT2D eigenvalue weighted by Crippen LogP contribution is -2.20. The highest BCUT2D eigenvalue weighted by molar-refractivity contribution is 5.85. The molecule has 0 aliphatic rings. The average Bonchev–Trinajstić information content (AvgIpc) is 2.53. The molecular weight excluding hydrogens is 278 g/mol. The van der Waals surface area contributed by atoms with Gasteiger partial charge in [-0.3, -0.25) is 0 Å². The van der Waals surface area contributed by atoms with Gasteiger partial charge < -0.3 is 5.32 Å². The van der Waals surface area contributed by atoms with E-state index >= 15 is 0 Å². The molecule has 2 heteroatoms. The molecule has 2 rings (SSSR count). The lowest BCUT2D eigenvalue weighted by molar-refractivity contribution is 0.493. The van der Waals surface area contributed by atoms with Crippen LogP contribution >= 0.6 is 12.4 Å². The highest BCUT2D eigenvalue weighted by Crippen LogP contribution is 2.18. The second-order valence-corrected chi connectivity index (χ2v) is 5.30. The molecule has 0 spiro atoms. The van der Waals surface area contributed by atoms with Crippen LogP contribution in [0.2, 0.25) is 0 Å². The summed E-state index contributed by atoms with van der Waals surface area (Å²) in [6.45, 7) is 5.37. The Kier molecular flexibility index (Phi) is 8.11. The van der Waals surface area contributed by atoms with Gasteiger partial charge in [-0.15, -0.1) is 12.4 Å². The predicted octanol–water partition coefficient (Wildman–Crippen LogP) is 5.30. The molecule has 0 bridgehead atoms. The first-order valence-corrected chi connectivity index (χ1v) is 7.69. The monoisotopic (exact) mass is 303 g/mol. The lowest BCUT2D eigenvalue weighted by Gasteiger charge is -2.19. The molecule has 0 saturated carbocycles. The summed E-state index contributed by atoms with van der Waals surface area (Å²) >= 11 is 0. The molecule has 1 unspecified atom stereocenters. The highest BCUT2D eigenvalue weighted by atomic mass is 35.5. The van der Waals surface area contributed by atoms with Crippen molar-refractivity contribution < 1.29 is 0 Å². The van der Waals surface area contributed by atoms with Gasteiger partial charge in [0.1, 0.15) is 0 Å². The number of aryl methyl sites for hydroxylation is 1. The number of rotatable bonds is 7. The Balaban J connectivity index is 0.00000220. The van der Waals surface area contributed by atoms with Crippen LogP contribution in [0.4, 0.5) is 0 Å². The molecule has 0 aliphatic carbocycles. The minimum absolute atomic E-state index is 0. The van der Waals surface area contributed by atoms with Gasteiger partial charge in [-0.05, 0) is 29.5 Å². The summed E-state index contributed by atoms with van der Waals surface area (Å²) in [7, 11) is 0. The third-order valence-electron chi connectivity index (χ3n) is 3.76. The number of benzene rings is 2. The summed E-state index contributed by atoms with van der Waals surface area (Å²) in [4.78, 5) is 0. The number of nitrogens with one attached hydrogen (secondary N) is 1. The Labute approximate surface area is 135 Å². The van der Waals surface area contributed by atoms with Gasteiger partial charge in [-0.1, -0.05) is 74.9 Å². The lowest BCUT2D eigenvalue weighted by atomic mass is 10.0. The first-order valence-electron chi connectivity index (χ1n) is 7.69. The zero-order chi connectivity index (χ0) is 14.2. The van der Waals surface area contributed by atoms with Crippen LogP contribution in [-0.4, -0.2) is 0 Å². The van der Waals surface area contributed by atoms with Crippen molar-refractivity contribution >= 4 is 12.4 Å². The van der Waals surface area contributed by atoms with Crippen LogP contribution in [0, 0.1) is 0 Å². The van der Waals surface area contributed by atoms with Gasteiger partial charge in [0.15, 0.2) is 0 Å². The summed E-state index contributed by atoms with van der Waals surface area (Å²) in [6.07, 6.45) is 3.48. The highest BCUT2D eigenvalue weighted by Gasteiger charge is 2.09. The number of hydrogen-bond acceptors (Lipinski definition) is 1. The van der Waals surface area contributed by atoms with E-state index in [9.17, 15) is 0 Å². The van der Waals surface area contributed by atoms with Gasteiger partial charge in [0.2, 0.25) is 0 Å². The maximum absolute atomic E-state index is 3.69. The molecule has 0 amide bonds. The number of hydrogen-bond donors (Lipinski definition) is 1. The molecule has 0 aromatic heterocycles. The molecule has 1 atom stereocenters. The molecule has 2 aromatic rings. The van der Waals surface area contributed by atoms with E-state index in [4.69, 9.17) is 0 Å². The third kappa shape index (κ3) is 5.53. The zero-order valence-corrected chi connectivity index (χ0v) is 13.8. The maximum Gasteiger partial charge on any atom is 0.0323 e. The summed E-state index contributed by atoms with van der Waals surface area (Å²) in [5.41, 5.74) is 4.15. The van der Waals surface area contributed by atoms with Crippen molar-refractivity contribution in [2.75, 3.05) is 0 Å². The van der Waals surface area contributed by atoms with Gasteiger partial charge in [-0.2, -0.15) is 0 Å². The van der Waals surface area contributed by atoms with Gasteiger partial charge in [0.25, 0.3) is 0 Å². The van der Waals surface area contributed by atoms with Gasteiger partial charge >= 0.3 is 0 Å². The molecule has 114 valence electrons. The molecule has 0 heterocycles. The smallest absolute Gasteiger partial charge is 0.0323 e. The SMILES string of the molecule is CCCC(NCc1ccc(CC)cc1)c1ccccc1.Cl. The topological polar surface area (TPSA) is 12.0 Å². The van der Waals surface area contributed by atoms with Crippen molar-refractivity contribution in [3.05, 3.63) is 71.3 Å². The van der Waals surface area contributed by atoms with E-state index in [0.29, 0.717) is 6.04 Å². The summed E-state index contributed by atoms with van der Waals surface area (Å²) in [5.74, 6) is 0. The summed E-state index contributed by atoms with van der Waals surface area (Å²) in [5, 5.41) is 3.69. The van der Waals surface area contributed by atoms with Gasteiger partial charge in [-0.25, -0.2) is 0 Å². The van der Waals surface area contributed by atoms with Crippen LogP contribution in [0.5, 0.6) is 0 Å². The van der Waals surface area contributed by atoms with Crippen LogP contribution in [0.3, 0.4) is 0 Å². The summed E-state index contributed by atoms with van der Waals surface area (Å²) in [6, 6.07) is 20.1. The standard InChI is InChI=1S/C19H25N.ClH/c1-3-8-19(18-9-6-5-7-10-18)20-15-17-13-11-16(4-2)12-14-17;/h5-7,9-14,19-20H,3-4,8,15H2,1-2H3;1H. The Bertz CT molecular complexity index is 493. The van der Waals surface area contributed by atoms with Crippen LogP contribution in [0.1, 0.15) is 49.4 Å². The van der Waals surface area contributed by atoms with Crippen molar-refractivity contribution in [3.8, 4) is 0 Å². The van der Waals surface area contributed by atoms with Crippen molar-refractivity contribution in [2.24, 2.45) is 0 Å². The van der Waals surface area contributed by atoms with Crippen molar-refractivity contribution in [2.45, 2.75) is 45.7 Å². The van der Waals surface area contributed by atoms with E-state index in [2.05, 4.69) is 73.8 Å². The van der Waals surface area contributed by atoms with E-state index in [-0.39, 0.29) is 12.4 Å². The normalized spacial score (nSPS) is 11.7. The van der Waals surface area contributed by atoms with E-state index in [1.165, 1.54) is 29.5 Å². The average molecular weight is 304 g/mol. The zero-order valence-electron chi connectivity index (χ0n) is 13.0. The predicted molar refractivity (Wildman–Crippen MR) is 94.0 cm³/mol. The Morgan fingerprint density at radius 1 is 0.857 bits per heavy atom. The molecular formula is C19H26ClN. The minimum Gasteiger partial charge on any atom is -0.306 e. The largest absolute Gasteiger partial charge is 0.306 e. The molecule has 1 N–H and O–H groups in total. The van der Waals surface area contributed by atoms with Crippen molar-refractivity contribution in [3.63, 3.8) is 0 Å². The van der Waals surface area contributed by atoms with Gasteiger partial charge in [0, 0.05) is 12.6 Å². The molecule has 21 heavy (non-hydrogen) atoms. The van der Waals surface area contributed by atoms with Crippen LogP contribution in [0.15, 0.2) is 54.6 Å². The fraction of sp³-hybridized carbons (Fsp3) is 0.368. The van der Waals surface area contributed by atoms with Crippen LogP contribution in [0.25, 0.3) is 0 Å². The summed E-state index contributed by atoms with van der Waals surface area (Å²) < 4.78 is 0. The number of halogens is 1. The molecule has 1 nitrogen and oxygen atoms in total. The van der Waals surface area contributed by atoms with E-state index in [1.54, 1.807) is 0 Å². The Morgan fingerprint density at radius 3 is 2.05 bits per heavy atom. The molecule has 0 saturated heterocycles. The van der Waals surface area contributed by atoms with E-state index in [0.717, 1.165) is 13.0 Å². The van der Waals surface area contributed by atoms with Crippen molar-refractivity contribution in [1.29, 1.82) is 0 Å². The molecule has 0 aliphatic heterocycles. The van der Waals surface area contributed by atoms with Crippen LogP contribution in [-0.2, 0) is 13.0 Å². The molecule has 0 fully saturated rings. The Hall–Kier alpha value is -1.31. The second kappa shape index (κ2) is 9.59. The molecule has 0 radical (unpaired) electrons.